The van der Waals surface area contributed by atoms with Gasteiger partial charge in [0.2, 0.25) is 0 Å². The van der Waals surface area contributed by atoms with Crippen LogP contribution < -0.4 is 0 Å². The SMILES string of the molecule is CCCc1nn(-c2cccnn2)c(Cl)c1CCl. The van der Waals surface area contributed by atoms with E-state index in [9.17, 15) is 0 Å². The zero-order valence-electron chi connectivity index (χ0n) is 9.40. The molecule has 0 bridgehead atoms. The Morgan fingerprint density at radius 2 is 2.24 bits per heavy atom. The number of nitrogens with zero attached hydrogens (tertiary/aromatic N) is 4. The maximum Gasteiger partial charge on any atom is 0.177 e. The zero-order valence-corrected chi connectivity index (χ0v) is 10.9. The molecule has 0 fully saturated rings. The fraction of sp³-hybridized carbons (Fsp3) is 0.364. The van der Waals surface area contributed by atoms with Gasteiger partial charge in [0.05, 0.1) is 11.6 Å². The summed E-state index contributed by atoms with van der Waals surface area (Å²) in [4.78, 5) is 0. The summed E-state index contributed by atoms with van der Waals surface area (Å²) in [6.45, 7) is 2.09. The van der Waals surface area contributed by atoms with Gasteiger partial charge in [0.15, 0.2) is 5.82 Å². The van der Waals surface area contributed by atoms with Gasteiger partial charge >= 0.3 is 0 Å². The van der Waals surface area contributed by atoms with Crippen molar-refractivity contribution >= 4 is 23.2 Å². The summed E-state index contributed by atoms with van der Waals surface area (Å²) in [6.07, 6.45) is 3.46. The molecule has 90 valence electrons. The molecule has 0 radical (unpaired) electrons. The monoisotopic (exact) mass is 270 g/mol. The highest BCUT2D eigenvalue weighted by atomic mass is 35.5. The minimum Gasteiger partial charge on any atom is -0.201 e. The Balaban J connectivity index is 2.49. The Bertz CT molecular complexity index is 496. The Morgan fingerprint density at radius 1 is 1.41 bits per heavy atom. The normalized spacial score (nSPS) is 10.8. The third kappa shape index (κ3) is 2.42. The summed E-state index contributed by atoms with van der Waals surface area (Å²) in [5.74, 6) is 0.959. The van der Waals surface area contributed by atoms with Gasteiger partial charge in [-0.1, -0.05) is 24.9 Å². The summed E-state index contributed by atoms with van der Waals surface area (Å²) >= 11 is 12.1. The molecular weight excluding hydrogens is 259 g/mol. The molecule has 0 unspecified atom stereocenters. The quantitative estimate of drug-likeness (QED) is 0.803. The molecule has 0 N–H and O–H groups in total. The molecule has 4 nitrogen and oxygen atoms in total. The Kier molecular flexibility index (Phi) is 3.97. The third-order valence-corrected chi connectivity index (χ3v) is 3.06. The van der Waals surface area contributed by atoms with Crippen LogP contribution in [-0.2, 0) is 12.3 Å². The average molecular weight is 271 g/mol. The van der Waals surface area contributed by atoms with Crippen molar-refractivity contribution in [1.82, 2.24) is 20.0 Å². The number of halogens is 2. The third-order valence-electron chi connectivity index (χ3n) is 2.40. The molecule has 0 saturated heterocycles. The van der Waals surface area contributed by atoms with Crippen LogP contribution in [0.1, 0.15) is 24.6 Å². The van der Waals surface area contributed by atoms with Gasteiger partial charge in [-0.25, -0.2) is 4.68 Å². The lowest BCUT2D eigenvalue weighted by Crippen LogP contribution is -2.01. The van der Waals surface area contributed by atoms with Crippen molar-refractivity contribution < 1.29 is 0 Å². The minimum absolute atomic E-state index is 0.356. The summed E-state index contributed by atoms with van der Waals surface area (Å²) < 4.78 is 1.58. The molecule has 2 rings (SSSR count). The predicted octanol–water partition coefficient (Wildman–Crippen LogP) is 3.01. The van der Waals surface area contributed by atoms with Gasteiger partial charge in [0.1, 0.15) is 5.15 Å². The lowest BCUT2D eigenvalue weighted by Gasteiger charge is -1.99. The molecule has 2 heterocycles. The molecule has 0 aromatic carbocycles. The van der Waals surface area contributed by atoms with E-state index in [2.05, 4.69) is 22.2 Å². The lowest BCUT2D eigenvalue weighted by molar-refractivity contribution is 0.774. The highest BCUT2D eigenvalue weighted by Crippen LogP contribution is 2.25. The Labute approximate surface area is 110 Å². The van der Waals surface area contributed by atoms with E-state index in [-0.39, 0.29) is 0 Å². The van der Waals surface area contributed by atoms with Crippen molar-refractivity contribution in [1.29, 1.82) is 0 Å². The summed E-state index contributed by atoms with van der Waals surface area (Å²) in [7, 11) is 0. The summed E-state index contributed by atoms with van der Waals surface area (Å²) in [6, 6.07) is 3.60. The van der Waals surface area contributed by atoms with E-state index in [0.717, 1.165) is 24.1 Å². The van der Waals surface area contributed by atoms with Crippen molar-refractivity contribution in [3.05, 3.63) is 34.7 Å². The van der Waals surface area contributed by atoms with Crippen LogP contribution in [0.3, 0.4) is 0 Å². The van der Waals surface area contributed by atoms with Gasteiger partial charge in [-0.3, -0.25) is 0 Å². The number of alkyl halides is 1. The van der Waals surface area contributed by atoms with Crippen LogP contribution in [0.4, 0.5) is 0 Å². The van der Waals surface area contributed by atoms with E-state index in [1.54, 1.807) is 23.0 Å². The van der Waals surface area contributed by atoms with Crippen molar-refractivity contribution in [2.45, 2.75) is 25.6 Å². The summed E-state index contributed by atoms with van der Waals surface area (Å²) in [5.41, 5.74) is 1.80. The highest BCUT2D eigenvalue weighted by Gasteiger charge is 2.16. The smallest absolute Gasteiger partial charge is 0.177 e. The minimum atomic E-state index is 0.356. The Hall–Kier alpha value is -1.13. The van der Waals surface area contributed by atoms with Gasteiger partial charge in [0.25, 0.3) is 0 Å². The Morgan fingerprint density at radius 3 is 2.82 bits per heavy atom. The molecule has 0 aliphatic heterocycles. The predicted molar refractivity (Wildman–Crippen MR) is 67.7 cm³/mol. The first-order valence-electron chi connectivity index (χ1n) is 5.38. The maximum absolute atomic E-state index is 6.25. The van der Waals surface area contributed by atoms with Gasteiger partial charge in [0, 0.05) is 11.8 Å². The second-order valence-corrected chi connectivity index (χ2v) is 4.22. The van der Waals surface area contributed by atoms with Gasteiger partial charge in [-0.05, 0) is 18.6 Å². The first kappa shape index (κ1) is 12.3. The fourth-order valence-electron chi connectivity index (χ4n) is 1.60. The van der Waals surface area contributed by atoms with Crippen LogP contribution in [0.5, 0.6) is 0 Å². The first-order valence-corrected chi connectivity index (χ1v) is 6.29. The van der Waals surface area contributed by atoms with Gasteiger partial charge in [-0.15, -0.1) is 16.7 Å². The summed E-state index contributed by atoms with van der Waals surface area (Å²) in [5, 5.41) is 12.7. The van der Waals surface area contributed by atoms with E-state index in [1.807, 2.05) is 0 Å². The maximum atomic E-state index is 6.25. The number of hydrogen-bond donors (Lipinski definition) is 0. The van der Waals surface area contributed by atoms with Gasteiger partial charge in [-0.2, -0.15) is 10.2 Å². The number of rotatable bonds is 4. The molecule has 2 aromatic rings. The molecule has 0 amide bonds. The van der Waals surface area contributed by atoms with Gasteiger partial charge < -0.3 is 0 Å². The molecule has 17 heavy (non-hydrogen) atoms. The average Bonchev–Trinajstić information content (AvgIpc) is 2.67. The molecule has 6 heteroatoms. The van der Waals surface area contributed by atoms with Crippen molar-refractivity contribution in [3.8, 4) is 5.82 Å². The number of aromatic nitrogens is 4. The van der Waals surface area contributed by atoms with Crippen LogP contribution in [0, 0.1) is 0 Å². The second-order valence-electron chi connectivity index (χ2n) is 3.59. The fourth-order valence-corrected chi connectivity index (χ4v) is 2.25. The van der Waals surface area contributed by atoms with Crippen molar-refractivity contribution in [2.24, 2.45) is 0 Å². The first-order chi connectivity index (χ1) is 8.27. The lowest BCUT2D eigenvalue weighted by atomic mass is 10.2. The topological polar surface area (TPSA) is 43.6 Å². The van der Waals surface area contributed by atoms with E-state index < -0.39 is 0 Å². The molecule has 0 aliphatic rings. The van der Waals surface area contributed by atoms with Crippen LogP contribution >= 0.6 is 23.2 Å². The van der Waals surface area contributed by atoms with Crippen LogP contribution in [0.2, 0.25) is 5.15 Å². The standard InChI is InChI=1S/C11H12Cl2N4/c1-2-4-9-8(7-12)11(13)17(16-9)10-5-3-6-14-15-10/h3,5-6H,2,4,7H2,1H3. The largest absolute Gasteiger partial charge is 0.201 e. The molecule has 0 atom stereocenters. The molecule has 0 aliphatic carbocycles. The van der Waals surface area contributed by atoms with Crippen LogP contribution in [0.25, 0.3) is 5.82 Å². The molecule has 2 aromatic heterocycles. The number of hydrogen-bond acceptors (Lipinski definition) is 3. The van der Waals surface area contributed by atoms with E-state index >= 15 is 0 Å². The van der Waals surface area contributed by atoms with Crippen LogP contribution in [0.15, 0.2) is 18.3 Å². The van der Waals surface area contributed by atoms with Crippen molar-refractivity contribution in [3.63, 3.8) is 0 Å². The van der Waals surface area contributed by atoms with E-state index in [0.29, 0.717) is 16.9 Å². The molecule has 0 saturated carbocycles. The highest BCUT2D eigenvalue weighted by molar-refractivity contribution is 6.31. The van der Waals surface area contributed by atoms with E-state index in [4.69, 9.17) is 23.2 Å². The van der Waals surface area contributed by atoms with E-state index in [1.165, 1.54) is 0 Å². The second kappa shape index (κ2) is 5.47. The molecular formula is C11H12Cl2N4. The molecule has 0 spiro atoms. The number of aryl methyl sites for hydroxylation is 1. The zero-order chi connectivity index (χ0) is 12.3. The van der Waals surface area contributed by atoms with Crippen LogP contribution in [-0.4, -0.2) is 20.0 Å². The van der Waals surface area contributed by atoms with Crippen molar-refractivity contribution in [2.75, 3.05) is 0 Å².